The van der Waals surface area contributed by atoms with Crippen molar-refractivity contribution in [3.05, 3.63) is 72.3 Å². The van der Waals surface area contributed by atoms with Gasteiger partial charge in [-0.1, -0.05) is 48.5 Å². The minimum Gasteiger partial charge on any atom is -0.462 e. The van der Waals surface area contributed by atoms with Gasteiger partial charge < -0.3 is 9.47 Å². The van der Waals surface area contributed by atoms with Gasteiger partial charge >= 0.3 is 5.97 Å². The van der Waals surface area contributed by atoms with E-state index in [0.29, 0.717) is 11.4 Å². The zero-order valence-electron chi connectivity index (χ0n) is 13.2. The molecule has 0 radical (unpaired) electrons. The largest absolute Gasteiger partial charge is 0.462 e. The van der Waals surface area contributed by atoms with Crippen LogP contribution in [0.2, 0.25) is 0 Å². The molecular formula is C19H16N2O3. The van der Waals surface area contributed by atoms with E-state index in [0.717, 1.165) is 5.56 Å². The number of carbonyl (C=O) groups is 1. The van der Waals surface area contributed by atoms with E-state index < -0.39 is 5.97 Å². The maximum Gasteiger partial charge on any atom is 0.343 e. The van der Waals surface area contributed by atoms with Crippen molar-refractivity contribution in [2.24, 2.45) is 0 Å². The Morgan fingerprint density at radius 3 is 2.29 bits per heavy atom. The number of rotatable bonds is 5. The fourth-order valence-electron chi connectivity index (χ4n) is 2.16. The molecule has 0 saturated carbocycles. The first-order valence-electron chi connectivity index (χ1n) is 7.61. The standard InChI is InChI=1S/C19H16N2O3/c1-2-23-19(22)16-13-17(14-9-5-3-6-10-14)20-21-18(16)24-15-11-7-4-8-12-15/h3-13H,2H2,1H3. The Morgan fingerprint density at radius 1 is 0.958 bits per heavy atom. The van der Waals surface area contributed by atoms with Gasteiger partial charge in [-0.15, -0.1) is 10.2 Å². The van der Waals surface area contributed by atoms with E-state index in [2.05, 4.69) is 10.2 Å². The predicted octanol–water partition coefficient (Wildman–Crippen LogP) is 4.11. The van der Waals surface area contributed by atoms with Crippen molar-refractivity contribution in [1.29, 1.82) is 0 Å². The van der Waals surface area contributed by atoms with Crippen LogP contribution in [-0.2, 0) is 4.74 Å². The molecule has 0 fully saturated rings. The van der Waals surface area contributed by atoms with Crippen LogP contribution in [0.25, 0.3) is 11.3 Å². The highest BCUT2D eigenvalue weighted by molar-refractivity contribution is 5.93. The summed E-state index contributed by atoms with van der Waals surface area (Å²) in [6.07, 6.45) is 0. The first-order valence-corrected chi connectivity index (χ1v) is 7.61. The smallest absolute Gasteiger partial charge is 0.343 e. The maximum absolute atomic E-state index is 12.3. The van der Waals surface area contributed by atoms with Gasteiger partial charge in [0.2, 0.25) is 0 Å². The van der Waals surface area contributed by atoms with Crippen LogP contribution in [0.1, 0.15) is 17.3 Å². The van der Waals surface area contributed by atoms with Gasteiger partial charge in [0.25, 0.3) is 5.88 Å². The zero-order valence-corrected chi connectivity index (χ0v) is 13.2. The van der Waals surface area contributed by atoms with Crippen LogP contribution in [0.15, 0.2) is 66.7 Å². The van der Waals surface area contributed by atoms with Crippen molar-refractivity contribution >= 4 is 5.97 Å². The molecule has 0 amide bonds. The van der Waals surface area contributed by atoms with Gasteiger partial charge in [0.1, 0.15) is 11.3 Å². The monoisotopic (exact) mass is 320 g/mol. The summed E-state index contributed by atoms with van der Waals surface area (Å²) in [7, 11) is 0. The second-order valence-electron chi connectivity index (χ2n) is 4.95. The Morgan fingerprint density at radius 2 is 1.62 bits per heavy atom. The van der Waals surface area contributed by atoms with Crippen molar-refractivity contribution in [1.82, 2.24) is 10.2 Å². The van der Waals surface area contributed by atoms with Crippen molar-refractivity contribution in [2.75, 3.05) is 6.61 Å². The number of carbonyl (C=O) groups excluding carboxylic acids is 1. The van der Waals surface area contributed by atoms with Gasteiger partial charge in [0, 0.05) is 5.56 Å². The van der Waals surface area contributed by atoms with E-state index in [1.807, 2.05) is 48.5 Å². The van der Waals surface area contributed by atoms with E-state index in [9.17, 15) is 4.79 Å². The highest BCUT2D eigenvalue weighted by atomic mass is 16.5. The molecule has 24 heavy (non-hydrogen) atoms. The highest BCUT2D eigenvalue weighted by Crippen LogP contribution is 2.26. The number of benzene rings is 2. The van der Waals surface area contributed by atoms with Crippen LogP contribution < -0.4 is 4.74 Å². The fraction of sp³-hybridized carbons (Fsp3) is 0.105. The first-order chi connectivity index (χ1) is 11.8. The fourth-order valence-corrected chi connectivity index (χ4v) is 2.16. The normalized spacial score (nSPS) is 10.2. The molecular weight excluding hydrogens is 304 g/mol. The van der Waals surface area contributed by atoms with Crippen LogP contribution in [-0.4, -0.2) is 22.8 Å². The molecule has 0 spiro atoms. The third kappa shape index (κ3) is 3.57. The molecule has 0 aliphatic rings. The van der Waals surface area contributed by atoms with E-state index in [1.165, 1.54) is 0 Å². The van der Waals surface area contributed by atoms with Crippen molar-refractivity contribution < 1.29 is 14.3 Å². The van der Waals surface area contributed by atoms with Gasteiger partial charge in [-0.05, 0) is 25.1 Å². The van der Waals surface area contributed by atoms with Crippen molar-refractivity contribution in [3.8, 4) is 22.9 Å². The highest BCUT2D eigenvalue weighted by Gasteiger charge is 2.18. The number of hydrogen-bond acceptors (Lipinski definition) is 5. The minimum atomic E-state index is -0.490. The van der Waals surface area contributed by atoms with Crippen LogP contribution in [0.3, 0.4) is 0 Å². The van der Waals surface area contributed by atoms with Gasteiger partial charge in [-0.3, -0.25) is 0 Å². The molecule has 0 atom stereocenters. The zero-order chi connectivity index (χ0) is 16.8. The summed E-state index contributed by atoms with van der Waals surface area (Å²) in [5.74, 6) is 0.208. The summed E-state index contributed by atoms with van der Waals surface area (Å²) >= 11 is 0. The average Bonchev–Trinajstić information content (AvgIpc) is 2.64. The Bertz CT molecular complexity index is 821. The summed E-state index contributed by atoms with van der Waals surface area (Å²) in [5, 5.41) is 8.25. The lowest BCUT2D eigenvalue weighted by Crippen LogP contribution is -2.09. The maximum atomic E-state index is 12.3. The van der Waals surface area contributed by atoms with Crippen molar-refractivity contribution in [2.45, 2.75) is 6.92 Å². The van der Waals surface area contributed by atoms with Gasteiger partial charge in [0.05, 0.1) is 12.3 Å². The van der Waals surface area contributed by atoms with Gasteiger partial charge in [-0.2, -0.15) is 0 Å². The second-order valence-corrected chi connectivity index (χ2v) is 4.95. The topological polar surface area (TPSA) is 61.3 Å². The molecule has 3 rings (SSSR count). The second kappa shape index (κ2) is 7.37. The molecule has 0 N–H and O–H groups in total. The Labute approximate surface area is 139 Å². The van der Waals surface area contributed by atoms with Crippen LogP contribution in [0.5, 0.6) is 11.6 Å². The van der Waals surface area contributed by atoms with E-state index in [-0.39, 0.29) is 18.1 Å². The number of nitrogens with zero attached hydrogens (tertiary/aromatic N) is 2. The molecule has 0 bridgehead atoms. The Balaban J connectivity index is 2.00. The van der Waals surface area contributed by atoms with E-state index >= 15 is 0 Å². The Kier molecular flexibility index (Phi) is 4.81. The third-order valence-electron chi connectivity index (χ3n) is 3.28. The number of esters is 1. The summed E-state index contributed by atoms with van der Waals surface area (Å²) in [6.45, 7) is 2.02. The molecule has 5 nitrogen and oxygen atoms in total. The summed E-state index contributed by atoms with van der Waals surface area (Å²) in [5.41, 5.74) is 1.69. The molecule has 0 saturated heterocycles. The number of aromatic nitrogens is 2. The first kappa shape index (κ1) is 15.7. The average molecular weight is 320 g/mol. The van der Waals surface area contributed by atoms with Gasteiger partial charge in [-0.25, -0.2) is 4.79 Å². The Hall–Kier alpha value is -3.21. The lowest BCUT2D eigenvalue weighted by atomic mass is 10.1. The van der Waals surface area contributed by atoms with Crippen LogP contribution in [0, 0.1) is 0 Å². The number of ether oxygens (including phenoxy) is 2. The summed E-state index contributed by atoms with van der Waals surface area (Å²) < 4.78 is 10.8. The minimum absolute atomic E-state index is 0.124. The molecule has 1 aromatic heterocycles. The molecule has 2 aromatic carbocycles. The van der Waals surface area contributed by atoms with Crippen LogP contribution in [0.4, 0.5) is 0 Å². The lowest BCUT2D eigenvalue weighted by molar-refractivity contribution is 0.0522. The molecule has 1 heterocycles. The summed E-state index contributed by atoms with van der Waals surface area (Å²) in [4.78, 5) is 12.3. The van der Waals surface area contributed by atoms with Gasteiger partial charge in [0.15, 0.2) is 0 Å². The molecule has 0 aliphatic heterocycles. The number of para-hydroxylation sites is 1. The van der Waals surface area contributed by atoms with Crippen molar-refractivity contribution in [3.63, 3.8) is 0 Å². The molecule has 5 heteroatoms. The molecule has 120 valence electrons. The van der Waals surface area contributed by atoms with E-state index in [4.69, 9.17) is 9.47 Å². The third-order valence-corrected chi connectivity index (χ3v) is 3.28. The SMILES string of the molecule is CCOC(=O)c1cc(-c2ccccc2)nnc1Oc1ccccc1. The predicted molar refractivity (Wildman–Crippen MR) is 89.9 cm³/mol. The van der Waals surface area contributed by atoms with Crippen LogP contribution >= 0.6 is 0 Å². The molecule has 0 unspecified atom stereocenters. The number of hydrogen-bond donors (Lipinski definition) is 0. The quantitative estimate of drug-likeness (QED) is 0.662. The summed E-state index contributed by atoms with van der Waals surface area (Å²) in [6, 6.07) is 20.3. The molecule has 3 aromatic rings. The lowest BCUT2D eigenvalue weighted by Gasteiger charge is -2.10. The molecule has 0 aliphatic carbocycles. The van der Waals surface area contributed by atoms with E-state index in [1.54, 1.807) is 25.1 Å².